The largest absolute Gasteiger partial charge is 0.320 e. The zero-order valence-corrected chi connectivity index (χ0v) is 12.8. The molecule has 0 radical (unpaired) electrons. The lowest BCUT2D eigenvalue weighted by Crippen LogP contribution is -2.10. The Kier molecular flexibility index (Phi) is 4.78. The molecule has 2 atom stereocenters. The van der Waals surface area contributed by atoms with E-state index in [1.807, 2.05) is 11.3 Å². The molecule has 1 aromatic heterocycles. The van der Waals surface area contributed by atoms with E-state index in [1.54, 1.807) is 0 Å². The number of hydrogen-bond acceptors (Lipinski definition) is 2. The molecule has 2 N–H and O–H groups in total. The van der Waals surface area contributed by atoms with Gasteiger partial charge in [-0.15, -0.1) is 11.3 Å². The van der Waals surface area contributed by atoms with Gasteiger partial charge in [0.2, 0.25) is 0 Å². The van der Waals surface area contributed by atoms with Crippen molar-refractivity contribution in [1.29, 1.82) is 0 Å². The van der Waals surface area contributed by atoms with Crippen molar-refractivity contribution in [1.82, 2.24) is 0 Å². The zero-order valence-electron chi connectivity index (χ0n) is 12.0. The quantitative estimate of drug-likeness (QED) is 0.826. The lowest BCUT2D eigenvalue weighted by molar-refractivity contribution is 0.732. The minimum atomic E-state index is 0.0104. The van der Waals surface area contributed by atoms with Gasteiger partial charge in [0.1, 0.15) is 0 Å². The fourth-order valence-corrected chi connectivity index (χ4v) is 3.17. The molecule has 0 fully saturated rings. The third-order valence-electron chi connectivity index (χ3n) is 3.81. The molecule has 102 valence electrons. The predicted octanol–water partition coefficient (Wildman–Crippen LogP) is 4.87. The molecule has 2 unspecified atom stereocenters. The zero-order chi connectivity index (χ0) is 13.8. The lowest BCUT2D eigenvalue weighted by atomic mass is 9.96. The Morgan fingerprint density at radius 3 is 2.16 bits per heavy atom. The molecule has 0 bridgehead atoms. The summed E-state index contributed by atoms with van der Waals surface area (Å²) >= 11 is 1.83. The van der Waals surface area contributed by atoms with Gasteiger partial charge in [-0.05, 0) is 42.0 Å². The van der Waals surface area contributed by atoms with Crippen molar-refractivity contribution in [3.8, 4) is 0 Å². The standard InChI is InChI=1S/C17H23NS/c1-4-12(3)13-6-8-14(9-7-13)17(18)16-11-10-15(5-2)19-16/h6-12,17H,4-5,18H2,1-3H3. The normalized spacial score (nSPS) is 14.3. The van der Waals surface area contributed by atoms with Crippen LogP contribution in [0.3, 0.4) is 0 Å². The first kappa shape index (κ1) is 14.3. The molecule has 0 amide bonds. The summed E-state index contributed by atoms with van der Waals surface area (Å²) in [5.41, 5.74) is 8.96. The average Bonchev–Trinajstić information content (AvgIpc) is 2.94. The van der Waals surface area contributed by atoms with E-state index in [9.17, 15) is 0 Å². The molecular formula is C17H23NS. The molecule has 1 aromatic carbocycles. The Bertz CT molecular complexity index is 512. The topological polar surface area (TPSA) is 26.0 Å². The molecular weight excluding hydrogens is 250 g/mol. The van der Waals surface area contributed by atoms with Crippen molar-refractivity contribution in [2.75, 3.05) is 0 Å². The van der Waals surface area contributed by atoms with Gasteiger partial charge in [-0.25, -0.2) is 0 Å². The number of thiophene rings is 1. The van der Waals surface area contributed by atoms with Crippen molar-refractivity contribution in [3.05, 3.63) is 57.3 Å². The van der Waals surface area contributed by atoms with Gasteiger partial charge in [0.05, 0.1) is 6.04 Å². The fourth-order valence-electron chi connectivity index (χ4n) is 2.18. The van der Waals surface area contributed by atoms with E-state index in [1.165, 1.54) is 27.3 Å². The average molecular weight is 273 g/mol. The SMILES string of the molecule is CCc1ccc(C(N)c2ccc(C(C)CC)cc2)s1. The van der Waals surface area contributed by atoms with E-state index in [0.717, 1.165) is 6.42 Å². The van der Waals surface area contributed by atoms with Gasteiger partial charge in [0, 0.05) is 9.75 Å². The van der Waals surface area contributed by atoms with Crippen molar-refractivity contribution in [2.45, 2.75) is 45.6 Å². The lowest BCUT2D eigenvalue weighted by Gasteiger charge is -2.13. The predicted molar refractivity (Wildman–Crippen MR) is 84.9 cm³/mol. The number of aryl methyl sites for hydroxylation is 1. The first-order chi connectivity index (χ1) is 9.15. The number of hydrogen-bond donors (Lipinski definition) is 1. The summed E-state index contributed by atoms with van der Waals surface area (Å²) in [4.78, 5) is 2.66. The molecule has 1 nitrogen and oxygen atoms in total. The second-order valence-corrected chi connectivity index (χ2v) is 6.31. The van der Waals surface area contributed by atoms with Crippen LogP contribution in [0.4, 0.5) is 0 Å². The minimum Gasteiger partial charge on any atom is -0.320 e. The summed E-state index contributed by atoms with van der Waals surface area (Å²) in [6.45, 7) is 6.67. The van der Waals surface area contributed by atoms with Crippen molar-refractivity contribution in [3.63, 3.8) is 0 Å². The fraction of sp³-hybridized carbons (Fsp3) is 0.412. The first-order valence-electron chi connectivity index (χ1n) is 7.09. The van der Waals surface area contributed by atoms with Crippen LogP contribution in [0.25, 0.3) is 0 Å². The molecule has 0 spiro atoms. The van der Waals surface area contributed by atoms with Crippen LogP contribution >= 0.6 is 11.3 Å². The maximum absolute atomic E-state index is 6.35. The highest BCUT2D eigenvalue weighted by atomic mass is 32.1. The van der Waals surface area contributed by atoms with Crippen LogP contribution in [0.5, 0.6) is 0 Å². The molecule has 0 saturated heterocycles. The summed E-state index contributed by atoms with van der Waals surface area (Å²) in [6, 6.07) is 13.2. The molecule has 19 heavy (non-hydrogen) atoms. The number of nitrogens with two attached hydrogens (primary N) is 1. The summed E-state index contributed by atoms with van der Waals surface area (Å²) in [5.74, 6) is 0.624. The maximum Gasteiger partial charge on any atom is 0.0646 e. The van der Waals surface area contributed by atoms with Gasteiger partial charge in [0.25, 0.3) is 0 Å². The van der Waals surface area contributed by atoms with Crippen LogP contribution < -0.4 is 5.73 Å². The van der Waals surface area contributed by atoms with E-state index in [4.69, 9.17) is 5.73 Å². The molecule has 2 rings (SSSR count). The highest BCUT2D eigenvalue weighted by Crippen LogP contribution is 2.28. The third kappa shape index (κ3) is 3.26. The van der Waals surface area contributed by atoms with Crippen LogP contribution in [0, 0.1) is 0 Å². The highest BCUT2D eigenvalue weighted by molar-refractivity contribution is 7.12. The Labute approximate surface area is 120 Å². The van der Waals surface area contributed by atoms with Gasteiger partial charge in [-0.3, -0.25) is 0 Å². The van der Waals surface area contributed by atoms with Crippen LogP contribution in [0.2, 0.25) is 0 Å². The summed E-state index contributed by atoms with van der Waals surface area (Å²) in [7, 11) is 0. The van der Waals surface area contributed by atoms with Gasteiger partial charge in [-0.1, -0.05) is 45.0 Å². The molecule has 0 aliphatic carbocycles. The Morgan fingerprint density at radius 1 is 1.00 bits per heavy atom. The van der Waals surface area contributed by atoms with Crippen molar-refractivity contribution in [2.24, 2.45) is 5.73 Å². The molecule has 0 aliphatic rings. The Hall–Kier alpha value is -1.12. The van der Waals surface area contributed by atoms with Crippen LogP contribution in [-0.2, 0) is 6.42 Å². The van der Waals surface area contributed by atoms with Crippen molar-refractivity contribution >= 4 is 11.3 Å². The minimum absolute atomic E-state index is 0.0104. The van der Waals surface area contributed by atoms with Crippen LogP contribution in [0.1, 0.15) is 60.0 Å². The summed E-state index contributed by atoms with van der Waals surface area (Å²) in [6.07, 6.45) is 2.26. The Balaban J connectivity index is 2.17. The molecule has 2 aromatic rings. The molecule has 2 heteroatoms. The molecule has 0 aliphatic heterocycles. The van der Waals surface area contributed by atoms with Gasteiger partial charge >= 0.3 is 0 Å². The monoisotopic (exact) mass is 273 g/mol. The van der Waals surface area contributed by atoms with E-state index in [0.29, 0.717) is 5.92 Å². The molecule has 0 saturated carbocycles. The third-order valence-corrected chi connectivity index (χ3v) is 5.13. The van der Waals surface area contributed by atoms with Crippen molar-refractivity contribution < 1.29 is 0 Å². The van der Waals surface area contributed by atoms with Gasteiger partial charge in [0.15, 0.2) is 0 Å². The van der Waals surface area contributed by atoms with Gasteiger partial charge < -0.3 is 5.73 Å². The highest BCUT2D eigenvalue weighted by Gasteiger charge is 2.12. The summed E-state index contributed by atoms with van der Waals surface area (Å²) in [5, 5.41) is 0. The second-order valence-electron chi connectivity index (χ2n) is 5.11. The Morgan fingerprint density at radius 2 is 1.63 bits per heavy atom. The second kappa shape index (κ2) is 6.36. The van der Waals surface area contributed by atoms with Crippen LogP contribution in [-0.4, -0.2) is 0 Å². The van der Waals surface area contributed by atoms with E-state index >= 15 is 0 Å². The van der Waals surface area contributed by atoms with Crippen LogP contribution in [0.15, 0.2) is 36.4 Å². The van der Waals surface area contributed by atoms with E-state index in [2.05, 4.69) is 57.2 Å². The number of rotatable bonds is 5. The molecule has 1 heterocycles. The van der Waals surface area contributed by atoms with E-state index in [-0.39, 0.29) is 6.04 Å². The van der Waals surface area contributed by atoms with Gasteiger partial charge in [-0.2, -0.15) is 0 Å². The maximum atomic E-state index is 6.35. The van der Waals surface area contributed by atoms with E-state index < -0.39 is 0 Å². The number of benzene rings is 1. The summed E-state index contributed by atoms with van der Waals surface area (Å²) < 4.78 is 0. The first-order valence-corrected chi connectivity index (χ1v) is 7.91. The smallest absolute Gasteiger partial charge is 0.0646 e.